The van der Waals surface area contributed by atoms with Crippen LogP contribution in [0.1, 0.15) is 6.92 Å². The summed E-state index contributed by atoms with van der Waals surface area (Å²) in [6, 6.07) is 0. The molecule has 0 amide bonds. The van der Waals surface area contributed by atoms with Crippen LogP contribution in [-0.4, -0.2) is 26.2 Å². The highest BCUT2D eigenvalue weighted by molar-refractivity contribution is 5.93. The molecule has 0 fully saturated rings. The van der Waals surface area contributed by atoms with Crippen molar-refractivity contribution in [2.24, 2.45) is 0 Å². The van der Waals surface area contributed by atoms with Crippen LogP contribution >= 0.6 is 0 Å². The molecule has 0 aromatic carbocycles. The normalized spacial score (nSPS) is 15.2. The molecule has 0 aromatic rings. The second-order valence-corrected chi connectivity index (χ2v) is 2.55. The Balaban J connectivity index is 2.71. The van der Waals surface area contributed by atoms with Crippen molar-refractivity contribution in [1.29, 1.82) is 0 Å². The van der Waals surface area contributed by atoms with E-state index in [9.17, 15) is 4.79 Å². The maximum Gasteiger partial charge on any atom is 0.341 e. The first-order chi connectivity index (χ1) is 6.29. The number of carbonyl (C=O) groups excluding carboxylic acids is 1. The van der Waals surface area contributed by atoms with E-state index in [4.69, 9.17) is 4.74 Å². The molecule has 1 rings (SSSR count). The topological polar surface area (TPSA) is 50.4 Å². The van der Waals surface area contributed by atoms with Crippen LogP contribution in [0.2, 0.25) is 0 Å². The quantitative estimate of drug-likeness (QED) is 0.610. The van der Waals surface area contributed by atoms with Crippen molar-refractivity contribution in [2.75, 3.05) is 20.2 Å². The van der Waals surface area contributed by atoms with Gasteiger partial charge in [0.2, 0.25) is 0 Å². The van der Waals surface area contributed by atoms with E-state index in [1.807, 2.05) is 6.08 Å². The first-order valence-corrected chi connectivity index (χ1v) is 4.28. The number of dihydropyridines is 1. The van der Waals surface area contributed by atoms with Crippen molar-refractivity contribution in [3.05, 3.63) is 23.5 Å². The molecule has 0 atom stereocenters. The Morgan fingerprint density at radius 1 is 1.77 bits per heavy atom. The Kier molecular flexibility index (Phi) is 3.37. The van der Waals surface area contributed by atoms with Gasteiger partial charge in [0.05, 0.1) is 12.2 Å². The fourth-order valence-corrected chi connectivity index (χ4v) is 1.12. The minimum atomic E-state index is -0.296. The third kappa shape index (κ3) is 2.24. The average molecular weight is 182 g/mol. The molecule has 72 valence electrons. The maximum absolute atomic E-state index is 11.4. The summed E-state index contributed by atoms with van der Waals surface area (Å²) in [6.45, 7) is 2.92. The molecule has 0 unspecified atom stereocenters. The molecule has 0 saturated heterocycles. The molecular weight excluding hydrogens is 168 g/mol. The zero-order valence-corrected chi connectivity index (χ0v) is 7.89. The maximum atomic E-state index is 11.4. The van der Waals surface area contributed by atoms with Gasteiger partial charge in [-0.25, -0.2) is 4.79 Å². The lowest BCUT2D eigenvalue weighted by Gasteiger charge is -2.15. The Hall–Kier alpha value is -1.45. The summed E-state index contributed by atoms with van der Waals surface area (Å²) >= 11 is 0. The standard InChI is InChI=1S/C9H14N2O2/c1-3-13-9(12)7-6-11-5-4-8(7)10-2/h4,6,10-11H,3,5H2,1-2H3. The minimum Gasteiger partial charge on any atom is -0.462 e. The number of hydrogen-bond acceptors (Lipinski definition) is 4. The number of nitrogens with one attached hydrogen (secondary N) is 2. The largest absolute Gasteiger partial charge is 0.462 e. The Bertz CT molecular complexity index is 256. The zero-order chi connectivity index (χ0) is 9.68. The van der Waals surface area contributed by atoms with E-state index < -0.39 is 0 Å². The Morgan fingerprint density at radius 2 is 2.54 bits per heavy atom. The molecule has 1 heterocycles. The van der Waals surface area contributed by atoms with Gasteiger partial charge in [0, 0.05) is 25.5 Å². The summed E-state index contributed by atoms with van der Waals surface area (Å²) in [4.78, 5) is 11.4. The molecule has 1 aliphatic rings. The summed E-state index contributed by atoms with van der Waals surface area (Å²) in [7, 11) is 1.78. The number of esters is 1. The van der Waals surface area contributed by atoms with Crippen LogP contribution in [0.15, 0.2) is 23.5 Å². The highest BCUT2D eigenvalue weighted by atomic mass is 16.5. The first-order valence-electron chi connectivity index (χ1n) is 4.28. The number of carbonyl (C=O) groups is 1. The lowest BCUT2D eigenvalue weighted by molar-refractivity contribution is -0.138. The van der Waals surface area contributed by atoms with Crippen LogP contribution in [0.25, 0.3) is 0 Å². The van der Waals surface area contributed by atoms with Gasteiger partial charge in [-0.1, -0.05) is 0 Å². The fraction of sp³-hybridized carbons (Fsp3) is 0.444. The second-order valence-electron chi connectivity index (χ2n) is 2.55. The number of rotatable bonds is 3. The van der Waals surface area contributed by atoms with Crippen molar-refractivity contribution in [3.63, 3.8) is 0 Å². The van der Waals surface area contributed by atoms with Crippen molar-refractivity contribution >= 4 is 5.97 Å². The lowest BCUT2D eigenvalue weighted by Crippen LogP contribution is -2.24. The molecule has 4 nitrogen and oxygen atoms in total. The third-order valence-corrected chi connectivity index (χ3v) is 1.73. The molecule has 4 heteroatoms. The SMILES string of the molecule is CCOC(=O)C1=CNCC=C1NC. The van der Waals surface area contributed by atoms with Gasteiger partial charge in [-0.3, -0.25) is 0 Å². The molecule has 0 spiro atoms. The average Bonchev–Trinajstić information content (AvgIpc) is 2.18. The van der Waals surface area contributed by atoms with Crippen LogP contribution in [0.5, 0.6) is 0 Å². The smallest absolute Gasteiger partial charge is 0.341 e. The van der Waals surface area contributed by atoms with Crippen molar-refractivity contribution in [3.8, 4) is 0 Å². The van der Waals surface area contributed by atoms with E-state index >= 15 is 0 Å². The molecular formula is C9H14N2O2. The van der Waals surface area contributed by atoms with Crippen LogP contribution in [0.3, 0.4) is 0 Å². The summed E-state index contributed by atoms with van der Waals surface area (Å²) < 4.78 is 4.89. The Labute approximate surface area is 77.6 Å². The van der Waals surface area contributed by atoms with E-state index in [0.717, 1.165) is 12.2 Å². The van der Waals surface area contributed by atoms with Gasteiger partial charge in [-0.05, 0) is 13.0 Å². The number of ether oxygens (including phenoxy) is 1. The summed E-state index contributed by atoms with van der Waals surface area (Å²) in [5, 5.41) is 5.90. The third-order valence-electron chi connectivity index (χ3n) is 1.73. The van der Waals surface area contributed by atoms with Gasteiger partial charge < -0.3 is 15.4 Å². The molecule has 13 heavy (non-hydrogen) atoms. The minimum absolute atomic E-state index is 0.296. The van der Waals surface area contributed by atoms with E-state index in [1.165, 1.54) is 0 Å². The molecule has 2 N–H and O–H groups in total. The van der Waals surface area contributed by atoms with Crippen LogP contribution in [-0.2, 0) is 9.53 Å². The van der Waals surface area contributed by atoms with E-state index in [-0.39, 0.29) is 5.97 Å². The van der Waals surface area contributed by atoms with E-state index in [1.54, 1.807) is 20.2 Å². The predicted octanol–water partition coefficient (Wildman–Crippen LogP) is 0.140. The van der Waals surface area contributed by atoms with Crippen molar-refractivity contribution < 1.29 is 9.53 Å². The molecule has 1 aliphatic heterocycles. The Morgan fingerprint density at radius 3 is 3.15 bits per heavy atom. The summed E-state index contributed by atoms with van der Waals surface area (Å²) in [6.07, 6.45) is 3.58. The summed E-state index contributed by atoms with van der Waals surface area (Å²) in [5.74, 6) is -0.296. The monoisotopic (exact) mass is 182 g/mol. The highest BCUT2D eigenvalue weighted by Crippen LogP contribution is 2.10. The molecule has 0 saturated carbocycles. The molecule has 0 radical (unpaired) electrons. The fourth-order valence-electron chi connectivity index (χ4n) is 1.12. The summed E-state index contributed by atoms with van der Waals surface area (Å²) in [5.41, 5.74) is 1.37. The van der Waals surface area contributed by atoms with Gasteiger partial charge >= 0.3 is 5.97 Å². The number of hydrogen-bond donors (Lipinski definition) is 2. The van der Waals surface area contributed by atoms with E-state index in [0.29, 0.717) is 12.2 Å². The van der Waals surface area contributed by atoms with Crippen molar-refractivity contribution in [2.45, 2.75) is 6.92 Å². The second kappa shape index (κ2) is 4.54. The van der Waals surface area contributed by atoms with Gasteiger partial charge in [0.1, 0.15) is 0 Å². The lowest BCUT2D eigenvalue weighted by atomic mass is 10.1. The van der Waals surface area contributed by atoms with E-state index in [2.05, 4.69) is 10.6 Å². The number of likely N-dealkylation sites (N-methyl/N-ethyl adjacent to an activating group) is 1. The molecule has 0 bridgehead atoms. The van der Waals surface area contributed by atoms with Gasteiger partial charge in [-0.2, -0.15) is 0 Å². The molecule has 0 aromatic heterocycles. The van der Waals surface area contributed by atoms with Crippen LogP contribution in [0.4, 0.5) is 0 Å². The van der Waals surface area contributed by atoms with Crippen LogP contribution in [0, 0.1) is 0 Å². The van der Waals surface area contributed by atoms with Gasteiger partial charge in [0.15, 0.2) is 0 Å². The van der Waals surface area contributed by atoms with Gasteiger partial charge in [0.25, 0.3) is 0 Å². The predicted molar refractivity (Wildman–Crippen MR) is 49.9 cm³/mol. The first kappa shape index (κ1) is 9.64. The van der Waals surface area contributed by atoms with Crippen LogP contribution < -0.4 is 10.6 Å². The molecule has 0 aliphatic carbocycles. The van der Waals surface area contributed by atoms with Gasteiger partial charge in [-0.15, -0.1) is 0 Å². The van der Waals surface area contributed by atoms with Crippen molar-refractivity contribution in [1.82, 2.24) is 10.6 Å². The highest BCUT2D eigenvalue weighted by Gasteiger charge is 2.16. The zero-order valence-electron chi connectivity index (χ0n) is 7.89.